The van der Waals surface area contributed by atoms with Crippen molar-refractivity contribution >= 4 is 17.4 Å². The lowest BCUT2D eigenvalue weighted by Gasteiger charge is -2.15. The Morgan fingerprint density at radius 3 is 2.55 bits per heavy atom. The SMILES string of the molecule is Cc1nc(-c2ccc(O)c(Cl)c2)nc(NN)c1C(C)C. The second-order valence-corrected chi connectivity index (χ2v) is 5.27. The summed E-state index contributed by atoms with van der Waals surface area (Å²) < 4.78 is 0. The third-order valence-corrected chi connectivity index (χ3v) is 3.36. The first-order chi connectivity index (χ1) is 9.43. The normalized spacial score (nSPS) is 10.9. The van der Waals surface area contributed by atoms with Crippen LogP contribution in [0.4, 0.5) is 5.82 Å². The van der Waals surface area contributed by atoms with Gasteiger partial charge in [0.15, 0.2) is 5.82 Å². The van der Waals surface area contributed by atoms with Crippen molar-refractivity contribution in [3.63, 3.8) is 0 Å². The van der Waals surface area contributed by atoms with E-state index in [1.54, 1.807) is 12.1 Å². The molecule has 0 aliphatic heterocycles. The Morgan fingerprint density at radius 1 is 1.30 bits per heavy atom. The number of benzene rings is 1. The molecule has 0 bridgehead atoms. The average molecular weight is 293 g/mol. The number of phenolic OH excluding ortho intramolecular Hbond substituents is 1. The third kappa shape index (κ3) is 2.69. The molecule has 0 aliphatic carbocycles. The molecular weight excluding hydrogens is 276 g/mol. The molecule has 2 rings (SSSR count). The molecule has 1 heterocycles. The topological polar surface area (TPSA) is 84.1 Å². The first-order valence-electron chi connectivity index (χ1n) is 6.28. The number of nitrogens with zero attached hydrogens (tertiary/aromatic N) is 2. The van der Waals surface area contributed by atoms with Crippen molar-refractivity contribution in [1.29, 1.82) is 0 Å². The summed E-state index contributed by atoms with van der Waals surface area (Å²) in [5, 5.41) is 9.72. The quantitative estimate of drug-likeness (QED) is 0.597. The number of rotatable bonds is 3. The number of halogens is 1. The van der Waals surface area contributed by atoms with Gasteiger partial charge in [0.2, 0.25) is 0 Å². The summed E-state index contributed by atoms with van der Waals surface area (Å²) in [4.78, 5) is 8.92. The molecule has 0 saturated heterocycles. The summed E-state index contributed by atoms with van der Waals surface area (Å²) in [5.74, 6) is 6.96. The number of phenols is 1. The Kier molecular flexibility index (Phi) is 4.11. The average Bonchev–Trinajstić information content (AvgIpc) is 2.40. The molecular formula is C14H17ClN4O. The van der Waals surface area contributed by atoms with Crippen LogP contribution in [0.2, 0.25) is 5.02 Å². The van der Waals surface area contributed by atoms with Gasteiger partial charge in [-0.05, 0) is 31.0 Å². The number of anilines is 1. The first kappa shape index (κ1) is 14.6. The lowest BCUT2D eigenvalue weighted by atomic mass is 10.0. The lowest BCUT2D eigenvalue weighted by molar-refractivity contribution is 0.475. The Labute approximate surface area is 122 Å². The van der Waals surface area contributed by atoms with E-state index < -0.39 is 0 Å². The molecule has 0 saturated carbocycles. The number of nitrogens with two attached hydrogens (primary N) is 1. The summed E-state index contributed by atoms with van der Waals surface area (Å²) in [6.45, 7) is 6.04. The van der Waals surface area contributed by atoms with E-state index in [1.807, 2.05) is 6.92 Å². The zero-order chi connectivity index (χ0) is 14.9. The number of nitrogens with one attached hydrogen (secondary N) is 1. The smallest absolute Gasteiger partial charge is 0.161 e. The maximum atomic E-state index is 9.46. The van der Waals surface area contributed by atoms with Gasteiger partial charge in [-0.2, -0.15) is 0 Å². The minimum Gasteiger partial charge on any atom is -0.506 e. The van der Waals surface area contributed by atoms with Gasteiger partial charge >= 0.3 is 0 Å². The van der Waals surface area contributed by atoms with E-state index in [0.29, 0.717) is 11.6 Å². The molecule has 0 radical (unpaired) electrons. The molecule has 1 aromatic heterocycles. The highest BCUT2D eigenvalue weighted by Gasteiger charge is 2.15. The lowest BCUT2D eigenvalue weighted by Crippen LogP contribution is -2.14. The summed E-state index contributed by atoms with van der Waals surface area (Å²) in [6, 6.07) is 4.86. The monoisotopic (exact) mass is 292 g/mol. The molecule has 0 amide bonds. The number of aryl methyl sites for hydroxylation is 1. The van der Waals surface area contributed by atoms with E-state index in [-0.39, 0.29) is 16.7 Å². The number of hydrogen-bond acceptors (Lipinski definition) is 5. The van der Waals surface area contributed by atoms with Crippen LogP contribution in [0.15, 0.2) is 18.2 Å². The molecule has 0 unspecified atom stereocenters. The Morgan fingerprint density at radius 2 is 2.00 bits per heavy atom. The van der Waals surface area contributed by atoms with Crippen LogP contribution in [-0.2, 0) is 0 Å². The number of hydrogen-bond donors (Lipinski definition) is 3. The van der Waals surface area contributed by atoms with Crippen LogP contribution in [0.1, 0.15) is 31.0 Å². The van der Waals surface area contributed by atoms with E-state index in [1.165, 1.54) is 6.07 Å². The van der Waals surface area contributed by atoms with Gasteiger partial charge in [-0.3, -0.25) is 0 Å². The van der Waals surface area contributed by atoms with Crippen molar-refractivity contribution in [1.82, 2.24) is 9.97 Å². The van der Waals surface area contributed by atoms with Crippen LogP contribution in [0.25, 0.3) is 11.4 Å². The summed E-state index contributed by atoms with van der Waals surface area (Å²) >= 11 is 5.91. The van der Waals surface area contributed by atoms with Gasteiger partial charge in [-0.15, -0.1) is 0 Å². The van der Waals surface area contributed by atoms with Crippen molar-refractivity contribution in [2.75, 3.05) is 5.43 Å². The van der Waals surface area contributed by atoms with Gasteiger partial charge < -0.3 is 10.5 Å². The minimum absolute atomic E-state index is 0.0307. The molecule has 0 spiro atoms. The van der Waals surface area contributed by atoms with Crippen LogP contribution in [0.3, 0.4) is 0 Å². The van der Waals surface area contributed by atoms with Gasteiger partial charge in [0.05, 0.1) is 5.02 Å². The number of aromatic hydroxyl groups is 1. The Hall–Kier alpha value is -1.85. The van der Waals surface area contributed by atoms with E-state index in [0.717, 1.165) is 16.8 Å². The highest BCUT2D eigenvalue weighted by Crippen LogP contribution is 2.31. The van der Waals surface area contributed by atoms with Crippen molar-refractivity contribution in [3.05, 3.63) is 34.5 Å². The second-order valence-electron chi connectivity index (χ2n) is 4.86. The van der Waals surface area contributed by atoms with Crippen molar-refractivity contribution < 1.29 is 5.11 Å². The summed E-state index contributed by atoms with van der Waals surface area (Å²) in [5.41, 5.74) is 5.20. The zero-order valence-corrected chi connectivity index (χ0v) is 12.4. The molecule has 2 aromatic rings. The molecule has 5 nitrogen and oxygen atoms in total. The molecule has 0 atom stereocenters. The fraction of sp³-hybridized carbons (Fsp3) is 0.286. The predicted molar refractivity (Wildman–Crippen MR) is 80.8 cm³/mol. The molecule has 0 fully saturated rings. The third-order valence-electron chi connectivity index (χ3n) is 3.06. The van der Waals surface area contributed by atoms with Gasteiger partial charge in [0.1, 0.15) is 11.6 Å². The molecule has 1 aromatic carbocycles. The maximum Gasteiger partial charge on any atom is 0.161 e. The van der Waals surface area contributed by atoms with Crippen LogP contribution >= 0.6 is 11.6 Å². The highest BCUT2D eigenvalue weighted by atomic mass is 35.5. The Bertz CT molecular complexity index is 643. The van der Waals surface area contributed by atoms with Crippen molar-refractivity contribution in [2.45, 2.75) is 26.7 Å². The van der Waals surface area contributed by atoms with Crippen LogP contribution < -0.4 is 11.3 Å². The second kappa shape index (κ2) is 5.64. The van der Waals surface area contributed by atoms with Gasteiger partial charge in [0, 0.05) is 16.8 Å². The number of nitrogen functional groups attached to an aromatic ring is 1. The van der Waals surface area contributed by atoms with Gasteiger partial charge in [-0.25, -0.2) is 15.8 Å². The van der Waals surface area contributed by atoms with Crippen LogP contribution in [0, 0.1) is 6.92 Å². The standard InChI is InChI=1S/C14H17ClN4O/c1-7(2)12-8(3)17-13(18-14(12)19-16)9-4-5-11(20)10(15)6-9/h4-7,20H,16H2,1-3H3,(H,17,18,19). The van der Waals surface area contributed by atoms with Gasteiger partial charge in [-0.1, -0.05) is 25.4 Å². The molecule has 6 heteroatoms. The van der Waals surface area contributed by atoms with Gasteiger partial charge in [0.25, 0.3) is 0 Å². The summed E-state index contributed by atoms with van der Waals surface area (Å²) in [6.07, 6.45) is 0. The summed E-state index contributed by atoms with van der Waals surface area (Å²) in [7, 11) is 0. The van der Waals surface area contributed by atoms with Crippen LogP contribution in [0.5, 0.6) is 5.75 Å². The molecule has 4 N–H and O–H groups in total. The minimum atomic E-state index is 0.0307. The van der Waals surface area contributed by atoms with Crippen molar-refractivity contribution in [3.8, 4) is 17.1 Å². The predicted octanol–water partition coefficient (Wildman–Crippen LogP) is 3.22. The van der Waals surface area contributed by atoms with Crippen LogP contribution in [-0.4, -0.2) is 15.1 Å². The van der Waals surface area contributed by atoms with E-state index in [9.17, 15) is 5.11 Å². The number of hydrazine groups is 1. The zero-order valence-electron chi connectivity index (χ0n) is 11.6. The fourth-order valence-electron chi connectivity index (χ4n) is 2.16. The highest BCUT2D eigenvalue weighted by molar-refractivity contribution is 6.32. The van der Waals surface area contributed by atoms with E-state index >= 15 is 0 Å². The fourth-order valence-corrected chi connectivity index (χ4v) is 2.34. The Balaban J connectivity index is 2.58. The molecule has 106 valence electrons. The van der Waals surface area contributed by atoms with E-state index in [4.69, 9.17) is 17.4 Å². The van der Waals surface area contributed by atoms with E-state index in [2.05, 4.69) is 29.2 Å². The maximum absolute atomic E-state index is 9.46. The molecule has 20 heavy (non-hydrogen) atoms. The first-order valence-corrected chi connectivity index (χ1v) is 6.66. The van der Waals surface area contributed by atoms with Crippen molar-refractivity contribution in [2.24, 2.45) is 5.84 Å². The molecule has 0 aliphatic rings. The number of aromatic nitrogens is 2. The largest absolute Gasteiger partial charge is 0.506 e.